The maximum Gasteiger partial charge on any atom is 0.328 e. The number of hydrogen-bond donors (Lipinski definition) is 1. The lowest BCUT2D eigenvalue weighted by atomic mass is 9.81. The average Bonchev–Trinajstić information content (AvgIpc) is 2.29. The van der Waals surface area contributed by atoms with Gasteiger partial charge in [-0.2, -0.15) is 0 Å². The fraction of sp³-hybridized carbons (Fsp3) is 0.357. The Balaban J connectivity index is 2.02. The standard InChI is InChI=1S/C14H15FO2/c15-13-3-1-2-12(9-13)11-6-4-10(5-7-11)8-14(16)17/h1-3,8-9,11H,4-7H2,(H,16,17). The molecule has 0 bridgehead atoms. The van der Waals surface area contributed by atoms with Crippen LogP contribution in [0.5, 0.6) is 0 Å². The van der Waals surface area contributed by atoms with E-state index in [-0.39, 0.29) is 5.82 Å². The van der Waals surface area contributed by atoms with Gasteiger partial charge in [-0.3, -0.25) is 0 Å². The number of aliphatic carboxylic acids is 1. The van der Waals surface area contributed by atoms with Gasteiger partial charge in [0.15, 0.2) is 0 Å². The minimum atomic E-state index is -0.871. The van der Waals surface area contributed by atoms with Crippen LogP contribution in [0.15, 0.2) is 35.9 Å². The van der Waals surface area contributed by atoms with Crippen LogP contribution in [0.3, 0.4) is 0 Å². The molecule has 0 saturated heterocycles. The van der Waals surface area contributed by atoms with Crippen molar-refractivity contribution in [1.29, 1.82) is 0 Å². The summed E-state index contributed by atoms with van der Waals surface area (Å²) in [6.45, 7) is 0. The van der Waals surface area contributed by atoms with Crippen molar-refractivity contribution in [1.82, 2.24) is 0 Å². The third-order valence-electron chi connectivity index (χ3n) is 3.28. The Morgan fingerprint density at radius 2 is 2.06 bits per heavy atom. The second kappa shape index (κ2) is 5.13. The van der Waals surface area contributed by atoms with E-state index < -0.39 is 5.97 Å². The van der Waals surface area contributed by atoms with Gasteiger partial charge >= 0.3 is 5.97 Å². The lowest BCUT2D eigenvalue weighted by molar-refractivity contribution is -0.131. The molecular weight excluding hydrogens is 219 g/mol. The number of benzene rings is 1. The first-order valence-corrected chi connectivity index (χ1v) is 5.83. The summed E-state index contributed by atoms with van der Waals surface area (Å²) in [5.41, 5.74) is 2.02. The first-order chi connectivity index (χ1) is 8.15. The van der Waals surface area contributed by atoms with E-state index in [0.29, 0.717) is 5.92 Å². The molecule has 0 unspecified atom stereocenters. The molecule has 0 heterocycles. The molecule has 1 N–H and O–H groups in total. The van der Waals surface area contributed by atoms with Crippen LogP contribution in [-0.4, -0.2) is 11.1 Å². The minimum Gasteiger partial charge on any atom is -0.478 e. The summed E-state index contributed by atoms with van der Waals surface area (Å²) in [6, 6.07) is 6.70. The Labute approximate surface area is 99.8 Å². The van der Waals surface area contributed by atoms with Crippen molar-refractivity contribution in [3.8, 4) is 0 Å². The van der Waals surface area contributed by atoms with E-state index in [1.807, 2.05) is 6.07 Å². The summed E-state index contributed by atoms with van der Waals surface area (Å²) in [6.07, 6.45) is 4.72. The quantitative estimate of drug-likeness (QED) is 0.795. The molecule has 0 atom stereocenters. The van der Waals surface area contributed by atoms with Crippen LogP contribution >= 0.6 is 0 Å². The maximum absolute atomic E-state index is 13.1. The van der Waals surface area contributed by atoms with Crippen LogP contribution in [0.25, 0.3) is 0 Å². The Bertz CT molecular complexity index is 441. The highest BCUT2D eigenvalue weighted by Gasteiger charge is 2.18. The monoisotopic (exact) mass is 234 g/mol. The van der Waals surface area contributed by atoms with Gasteiger partial charge in [-0.1, -0.05) is 17.7 Å². The van der Waals surface area contributed by atoms with Crippen LogP contribution < -0.4 is 0 Å². The molecule has 1 aliphatic carbocycles. The summed E-state index contributed by atoms with van der Waals surface area (Å²) in [5, 5.41) is 8.66. The number of carboxylic acid groups (broad SMARTS) is 1. The van der Waals surface area contributed by atoms with Crippen molar-refractivity contribution in [3.05, 3.63) is 47.3 Å². The number of carboxylic acids is 1. The lowest BCUT2D eigenvalue weighted by Crippen LogP contribution is -2.08. The van der Waals surface area contributed by atoms with Crippen molar-refractivity contribution in [2.75, 3.05) is 0 Å². The predicted octanol–water partition coefficient (Wildman–Crippen LogP) is 3.49. The fourth-order valence-electron chi connectivity index (χ4n) is 2.40. The molecule has 0 amide bonds. The Hall–Kier alpha value is -1.64. The zero-order valence-electron chi connectivity index (χ0n) is 9.53. The highest BCUT2D eigenvalue weighted by Crippen LogP contribution is 2.35. The van der Waals surface area contributed by atoms with Crippen LogP contribution in [0.4, 0.5) is 4.39 Å². The van der Waals surface area contributed by atoms with Crippen LogP contribution in [-0.2, 0) is 4.79 Å². The number of allylic oxidation sites excluding steroid dienone is 1. The predicted molar refractivity (Wildman–Crippen MR) is 63.3 cm³/mol. The maximum atomic E-state index is 13.1. The number of rotatable bonds is 2. The van der Waals surface area contributed by atoms with Crippen LogP contribution in [0.2, 0.25) is 0 Å². The highest BCUT2D eigenvalue weighted by atomic mass is 19.1. The van der Waals surface area contributed by atoms with Crippen molar-refractivity contribution in [2.24, 2.45) is 0 Å². The molecule has 0 spiro atoms. The second-order valence-electron chi connectivity index (χ2n) is 4.47. The van der Waals surface area contributed by atoms with Gasteiger partial charge < -0.3 is 5.11 Å². The molecule has 1 aromatic carbocycles. The van der Waals surface area contributed by atoms with E-state index in [9.17, 15) is 9.18 Å². The molecule has 17 heavy (non-hydrogen) atoms. The van der Waals surface area contributed by atoms with Crippen molar-refractivity contribution < 1.29 is 14.3 Å². The van der Waals surface area contributed by atoms with Gasteiger partial charge in [-0.15, -0.1) is 0 Å². The van der Waals surface area contributed by atoms with Gasteiger partial charge in [0.2, 0.25) is 0 Å². The lowest BCUT2D eigenvalue weighted by Gasteiger charge is -2.24. The fourth-order valence-corrected chi connectivity index (χ4v) is 2.40. The van der Waals surface area contributed by atoms with Crippen LogP contribution in [0, 0.1) is 5.82 Å². The van der Waals surface area contributed by atoms with E-state index >= 15 is 0 Å². The van der Waals surface area contributed by atoms with Gasteiger partial charge in [0.25, 0.3) is 0 Å². The molecule has 1 aromatic rings. The summed E-state index contributed by atoms with van der Waals surface area (Å²) < 4.78 is 13.1. The third-order valence-corrected chi connectivity index (χ3v) is 3.28. The third kappa shape index (κ3) is 3.16. The molecule has 0 aliphatic heterocycles. The first-order valence-electron chi connectivity index (χ1n) is 5.83. The van der Waals surface area contributed by atoms with Gasteiger partial charge in [0.05, 0.1) is 0 Å². The average molecular weight is 234 g/mol. The second-order valence-corrected chi connectivity index (χ2v) is 4.47. The molecule has 1 fully saturated rings. The Morgan fingerprint density at radius 3 is 2.65 bits per heavy atom. The molecule has 2 nitrogen and oxygen atoms in total. The van der Waals surface area contributed by atoms with E-state index in [0.717, 1.165) is 36.8 Å². The first kappa shape index (κ1) is 11.8. The molecule has 1 saturated carbocycles. The number of halogens is 1. The smallest absolute Gasteiger partial charge is 0.328 e. The summed E-state index contributed by atoms with van der Waals surface area (Å²) in [5.74, 6) is -0.713. The molecule has 90 valence electrons. The Morgan fingerprint density at radius 1 is 1.35 bits per heavy atom. The van der Waals surface area contributed by atoms with E-state index in [4.69, 9.17) is 5.11 Å². The van der Waals surface area contributed by atoms with Gasteiger partial charge in [0.1, 0.15) is 5.82 Å². The molecule has 1 aliphatic rings. The normalized spacial score (nSPS) is 20.1. The van der Waals surface area contributed by atoms with Crippen molar-refractivity contribution in [3.63, 3.8) is 0 Å². The summed E-state index contributed by atoms with van der Waals surface area (Å²) in [7, 11) is 0. The van der Waals surface area contributed by atoms with Gasteiger partial charge in [-0.05, 0) is 49.3 Å². The Kier molecular flexibility index (Phi) is 3.57. The summed E-state index contributed by atoms with van der Waals surface area (Å²) in [4.78, 5) is 10.5. The molecule has 0 radical (unpaired) electrons. The molecule has 0 aromatic heterocycles. The van der Waals surface area contributed by atoms with Gasteiger partial charge in [-0.25, -0.2) is 9.18 Å². The number of hydrogen-bond acceptors (Lipinski definition) is 1. The van der Waals surface area contributed by atoms with E-state index in [1.165, 1.54) is 12.1 Å². The highest BCUT2D eigenvalue weighted by molar-refractivity contribution is 5.80. The summed E-state index contributed by atoms with van der Waals surface area (Å²) >= 11 is 0. The van der Waals surface area contributed by atoms with Gasteiger partial charge in [0, 0.05) is 6.08 Å². The minimum absolute atomic E-state index is 0.200. The van der Waals surface area contributed by atoms with Crippen molar-refractivity contribution in [2.45, 2.75) is 31.6 Å². The zero-order chi connectivity index (χ0) is 12.3. The zero-order valence-corrected chi connectivity index (χ0v) is 9.53. The SMILES string of the molecule is O=C(O)C=C1CCC(c2cccc(F)c2)CC1. The van der Waals surface area contributed by atoms with Crippen LogP contribution in [0.1, 0.15) is 37.2 Å². The number of carbonyl (C=O) groups is 1. The molecule has 2 rings (SSSR count). The molecule has 3 heteroatoms. The molecular formula is C14H15FO2. The van der Waals surface area contributed by atoms with E-state index in [2.05, 4.69) is 0 Å². The largest absolute Gasteiger partial charge is 0.478 e. The topological polar surface area (TPSA) is 37.3 Å². The van der Waals surface area contributed by atoms with Crippen molar-refractivity contribution >= 4 is 5.97 Å². The van der Waals surface area contributed by atoms with E-state index in [1.54, 1.807) is 12.1 Å².